The molecular weight excluding hydrogens is 1370 g/mol. The van der Waals surface area contributed by atoms with Gasteiger partial charge in [-0.1, -0.05) is 25.7 Å². The molecule has 24 rings (SSSR count). The number of nitrogens with zero attached hydrogens (tertiary/aromatic N) is 2. The number of hydrogen-bond acceptors (Lipinski definition) is 34. The molecule has 0 aliphatic carbocycles. The lowest BCUT2D eigenvalue weighted by atomic mass is 9.79. The van der Waals surface area contributed by atoms with Crippen molar-refractivity contribution in [2.45, 2.75) is 351 Å². The fourth-order valence-electron chi connectivity index (χ4n) is 15.5. The monoisotopic (exact) mass is 1480 g/mol. The molecule has 24 saturated heterocycles. The fraction of sp³-hybridized carbons (Fsp3) is 0.969. The lowest BCUT2D eigenvalue weighted by molar-refractivity contribution is -0.404. The summed E-state index contributed by atoms with van der Waals surface area (Å²) in [6, 6.07) is 0.0905. The van der Waals surface area contributed by atoms with Crippen LogP contribution in [0.15, 0.2) is 0 Å². The van der Waals surface area contributed by atoms with Crippen LogP contribution >= 0.6 is 0 Å². The van der Waals surface area contributed by atoms with Crippen LogP contribution in [0, 0.1) is 0 Å². The number of carbonyl (C=O) groups is 2. The van der Waals surface area contributed by atoms with Crippen LogP contribution in [-0.2, 0) is 76.8 Å². The first-order chi connectivity index (χ1) is 47.9. The highest BCUT2D eigenvalue weighted by Crippen LogP contribution is 2.41. The van der Waals surface area contributed by atoms with Crippen molar-refractivity contribution in [2.75, 3.05) is 39.6 Å². The minimum Gasteiger partial charge on any atom is -0.394 e. The number of carbonyl (C=O) groups excluding carboxylic acids is 2. The number of hydroxylamine groups is 4. The average Bonchev–Trinajstić information content (AvgIpc) is 0.773. The van der Waals surface area contributed by atoms with Crippen LogP contribution in [0.3, 0.4) is 0 Å². The van der Waals surface area contributed by atoms with Gasteiger partial charge < -0.3 is 159 Å². The molecule has 30 atom stereocenters. The predicted octanol–water partition coefficient (Wildman–Crippen LogP) is -7.98. The van der Waals surface area contributed by atoms with Gasteiger partial charge in [0, 0.05) is 47.1 Å². The molecule has 38 nitrogen and oxygen atoms in total. The summed E-state index contributed by atoms with van der Waals surface area (Å²) in [5.74, 6) is 0.161. The van der Waals surface area contributed by atoms with Crippen LogP contribution in [0.4, 0.5) is 0 Å². The van der Waals surface area contributed by atoms with E-state index >= 15 is 0 Å². The fourth-order valence-corrected chi connectivity index (χ4v) is 15.5. The van der Waals surface area contributed by atoms with Crippen LogP contribution in [0.25, 0.3) is 0 Å². The normalized spacial score (nSPS) is 44.4. The number of rotatable bonds is 17. The van der Waals surface area contributed by atoms with E-state index in [4.69, 9.17) is 56.8 Å². The molecule has 38 heteroatoms. The van der Waals surface area contributed by atoms with Gasteiger partial charge >= 0.3 is 0 Å². The van der Waals surface area contributed by atoms with Gasteiger partial charge in [0.05, 0.1) is 39.6 Å². The van der Waals surface area contributed by atoms with E-state index in [1.165, 1.54) is 10.1 Å². The molecule has 592 valence electrons. The largest absolute Gasteiger partial charge is 0.394 e. The third-order valence-electron chi connectivity index (χ3n) is 20.6. The molecule has 12 bridgehead atoms. The topological polar surface area (TPSA) is 579 Å². The van der Waals surface area contributed by atoms with Gasteiger partial charge in [-0.25, -0.2) is 0 Å². The molecule has 2 amide bonds. The second-order valence-corrected chi connectivity index (χ2v) is 30.6. The van der Waals surface area contributed by atoms with Gasteiger partial charge in [0.25, 0.3) is 0 Å². The average molecular weight is 1480 g/mol. The molecule has 0 saturated carbocycles. The van der Waals surface area contributed by atoms with Gasteiger partial charge in [0.2, 0.25) is 11.8 Å². The Morgan fingerprint density at radius 3 is 0.627 bits per heavy atom. The Morgan fingerprint density at radius 2 is 0.461 bits per heavy atom. The Kier molecular flexibility index (Phi) is 30.0. The zero-order valence-electron chi connectivity index (χ0n) is 58.7. The molecule has 102 heavy (non-hydrogen) atoms. The molecule has 0 aromatic rings. The van der Waals surface area contributed by atoms with Crippen LogP contribution in [0.1, 0.15) is 132 Å². The van der Waals surface area contributed by atoms with Crippen molar-refractivity contribution >= 4 is 11.8 Å². The minimum absolute atomic E-state index is 0.0452. The molecule has 0 spiro atoms. The van der Waals surface area contributed by atoms with Gasteiger partial charge in [0.1, 0.15) is 146 Å². The molecule has 24 aliphatic heterocycles. The first-order valence-corrected chi connectivity index (χ1v) is 35.1. The summed E-state index contributed by atoms with van der Waals surface area (Å²) in [4.78, 5) is 24.8. The smallest absolute Gasteiger partial charge is 0.220 e. The van der Waals surface area contributed by atoms with Crippen molar-refractivity contribution in [3.63, 3.8) is 0 Å². The molecule has 24 heterocycles. The first-order valence-electron chi connectivity index (χ1n) is 35.1. The van der Waals surface area contributed by atoms with Crippen molar-refractivity contribution < 1.29 is 169 Å². The Morgan fingerprint density at radius 1 is 0.294 bits per heavy atom. The Hall–Kier alpha value is -2.42. The van der Waals surface area contributed by atoms with Crippen LogP contribution in [0.2, 0.25) is 0 Å². The minimum atomic E-state index is -2.15. The summed E-state index contributed by atoms with van der Waals surface area (Å²) in [5, 5.41) is 229. The van der Waals surface area contributed by atoms with Crippen LogP contribution in [0.5, 0.6) is 0 Å². The van der Waals surface area contributed by atoms with Crippen molar-refractivity contribution in [3.05, 3.63) is 0 Å². The van der Waals surface area contributed by atoms with Crippen molar-refractivity contribution in [2.24, 2.45) is 0 Å². The number of ether oxygens (including phenoxy) is 12. The maximum Gasteiger partial charge on any atom is 0.220 e. The van der Waals surface area contributed by atoms with Crippen molar-refractivity contribution in [1.82, 2.24) is 20.8 Å². The summed E-state index contributed by atoms with van der Waals surface area (Å²) >= 11 is 0. The van der Waals surface area contributed by atoms with E-state index in [1.807, 2.05) is 55.4 Å². The van der Waals surface area contributed by atoms with E-state index in [2.05, 4.69) is 10.6 Å². The van der Waals surface area contributed by atoms with Crippen molar-refractivity contribution in [1.29, 1.82) is 0 Å². The molecule has 24 fully saturated rings. The van der Waals surface area contributed by atoms with E-state index in [0.717, 1.165) is 38.5 Å². The number of hydrogen-bond donors (Lipinski definition) is 20. The second kappa shape index (κ2) is 36.0. The lowest BCUT2D eigenvalue weighted by Crippen LogP contribution is -2.69. The van der Waals surface area contributed by atoms with E-state index in [1.54, 1.807) is 0 Å². The molecule has 0 unspecified atom stereocenters. The summed E-state index contributed by atoms with van der Waals surface area (Å²) in [7, 11) is 0. The standard InChI is InChI=1S/C36H60O30.C28H52N4O4/c37-1-7-25-13(43)19(49)31(55-7)62-26-8(2-38)57-33(21(51)15(26)45)64-28-10(4-40)59-35(23(53)17(28)47)66-30-12(6-42)60-36(24(54)18(30)48)65-29-11(5-41)58-34(22(52)16(29)46)63-27-9(3-39)56-32(61-25)20(50)14(27)44;1-25(2)17-21(18-26(3,4)31(25)35)29-23(33)15-13-11-9-10-12-14-16-24(34)30-22-19-27(5,6)32(36)28(7,8)20-22/h7-54H,1-6H2;21-22H,9-20H2,1-8H3,(H,29,33)(H,30,34)/t7-,8-,9-,10-,11-,12-,13-,14-,15-,16-,17-,18-,19-,20-,21-,22-,23-,24-,25-,26-,27-,28-,29-,30-,31-,32-,33-,34-,35-,36-;/m1./s1. The Labute approximate surface area is 590 Å². The molecule has 24 aliphatic rings. The van der Waals surface area contributed by atoms with Gasteiger partial charge in [-0.3, -0.25) is 9.59 Å². The Balaban J connectivity index is 0.000000310. The lowest BCUT2D eigenvalue weighted by Gasteiger charge is -2.50. The highest BCUT2D eigenvalue weighted by molar-refractivity contribution is 5.76. The maximum atomic E-state index is 12.5. The van der Waals surface area contributed by atoms with Gasteiger partial charge in [-0.15, -0.1) is 20.5 Å². The third kappa shape index (κ3) is 19.4. The number of amides is 2. The number of piperidine rings is 2. The number of aliphatic hydroxyl groups is 18. The Bertz CT molecular complexity index is 2220. The highest BCUT2D eigenvalue weighted by Gasteiger charge is 2.59. The SMILES string of the molecule is CC1(C)CC(NC(=O)CCCCCCCCC(=O)NC2CC(C)(C)N([O])C(C)(C)C2)CC(C)(C)N1[O].OC[C@H]1O[C@@H]2O[C@H]3[C@H](O)[C@@H](O)[C@@H](O[C@H]4[C@H](O)[C@@H](O)[C@@H](O[C@H]5[C@H](O)[C@@H](O)[C@@H](O[C@H]6[C@H](O)[C@@H](O)[C@@H](O[C@H]7[C@H](O)[C@@H](O)[C@@H](O[C@H]1[C@H](O)[C@H]2O)O[C@@H]7CO)O[C@@H]6CO)O[C@@H]5CO)O[C@@H]4CO)O[C@@H]3CO. The van der Waals surface area contributed by atoms with Gasteiger partial charge in [-0.2, -0.15) is 0 Å². The third-order valence-corrected chi connectivity index (χ3v) is 20.6. The summed E-state index contributed by atoms with van der Waals surface area (Å²) in [5.41, 5.74) is -1.90. The number of unbranched alkanes of at least 4 members (excludes halogenated alkanes) is 5. The molecule has 0 aromatic carbocycles. The van der Waals surface area contributed by atoms with Crippen LogP contribution in [-0.4, -0.2) is 372 Å². The van der Waals surface area contributed by atoms with E-state index in [0.29, 0.717) is 38.5 Å². The molecular formula is C64H112N4O34. The predicted molar refractivity (Wildman–Crippen MR) is 336 cm³/mol. The second-order valence-electron chi connectivity index (χ2n) is 30.6. The zero-order valence-corrected chi connectivity index (χ0v) is 58.7. The van der Waals surface area contributed by atoms with Crippen LogP contribution < -0.4 is 10.6 Å². The number of aliphatic hydroxyl groups excluding tert-OH is 18. The molecule has 2 radical (unpaired) electrons. The van der Waals surface area contributed by atoms with Crippen molar-refractivity contribution in [3.8, 4) is 0 Å². The molecule has 20 N–H and O–H groups in total. The first kappa shape index (κ1) is 85.2. The zero-order chi connectivity index (χ0) is 75.4. The van der Waals surface area contributed by atoms with E-state index < -0.39 is 246 Å². The summed E-state index contributed by atoms with van der Waals surface area (Å²) in [6.45, 7) is 9.58. The molecule has 0 aromatic heterocycles. The van der Waals surface area contributed by atoms with Gasteiger partial charge in [0.15, 0.2) is 37.7 Å². The highest BCUT2D eigenvalue weighted by atomic mass is 16.8. The quantitative estimate of drug-likeness (QED) is 0.0602. The van der Waals surface area contributed by atoms with E-state index in [-0.39, 0.29) is 23.9 Å². The summed E-state index contributed by atoms with van der Waals surface area (Å²) in [6.07, 6.45) is -48.9. The number of nitrogens with one attached hydrogen (secondary N) is 2. The van der Waals surface area contributed by atoms with Gasteiger partial charge in [-0.05, 0) is 93.9 Å². The summed E-state index contributed by atoms with van der Waals surface area (Å²) < 4.78 is 67.9. The van der Waals surface area contributed by atoms with E-state index in [9.17, 15) is 112 Å². The maximum absolute atomic E-state index is 12.5.